The van der Waals surface area contributed by atoms with E-state index < -0.39 is 74.2 Å². The van der Waals surface area contributed by atoms with Crippen LogP contribution in [0.5, 0.6) is 0 Å². The topological polar surface area (TPSA) is 289 Å². The molecule has 254 valence electrons. The van der Waals surface area contributed by atoms with Gasteiger partial charge in [0.1, 0.15) is 35.8 Å². The number of nitrogens with zero attached hydrogens (tertiary/aromatic N) is 7. The van der Waals surface area contributed by atoms with Gasteiger partial charge in [0.2, 0.25) is 5.95 Å². The van der Waals surface area contributed by atoms with E-state index in [2.05, 4.69) is 54.4 Å². The molecule has 0 spiro atoms. The maximum Gasteiger partial charge on any atom is 0.386 e. The number of aliphatic hydroxyl groups is 1. The van der Waals surface area contributed by atoms with Crippen LogP contribution in [0.1, 0.15) is 19.4 Å². The maximum absolute atomic E-state index is 13.7. The number of H-pyrrole nitrogens is 1. The standard InChI is InChI=1S/C22H28N10O11P2S2/c1-8-9(41-19(12(8)33)32-7-28-11-17(32)29-21(24)30-18(11)34)2-39-45(37,47)43-14-13-20(31-6-27-10-15(23)25-5-26-16(10)31)42-22(14,3-38-13)4-40-44(35,36)46/h5-9,12-14,19-20,33H,2-4H2,1H3,(H,37,47)(H2,23,25,26)(H2,35,36,46)(H3,24,29,30,34)/t8-,9-,12-,13-,14+,19-,20-,22-,45?/m1/s1. The summed E-state index contributed by atoms with van der Waals surface area (Å²) in [4.78, 5) is 44.8. The van der Waals surface area contributed by atoms with Crippen LogP contribution >= 0.6 is 38.1 Å². The van der Waals surface area contributed by atoms with Gasteiger partial charge in [-0.25, -0.2) is 29.1 Å². The molecule has 0 saturated carbocycles. The molecule has 0 radical (unpaired) electrons. The van der Waals surface area contributed by atoms with Crippen molar-refractivity contribution >= 4 is 72.2 Å². The number of rotatable bonds is 10. The van der Waals surface area contributed by atoms with Gasteiger partial charge < -0.3 is 35.7 Å². The number of nitrogen functional groups attached to an aromatic ring is 2. The second-order valence-electron chi connectivity index (χ2n) is 11.2. The molecule has 25 heteroatoms. The minimum absolute atomic E-state index is 0.00229. The Morgan fingerprint density at radius 2 is 1.83 bits per heavy atom. The summed E-state index contributed by atoms with van der Waals surface area (Å²) in [6.45, 7) is -7.96. The Labute approximate surface area is 273 Å². The number of nitrogens with two attached hydrogens (primary N) is 2. The number of imidazole rings is 2. The molecule has 4 aromatic heterocycles. The SMILES string of the molecule is C[C@H]1[C@@H](O)[C@H](n2cnc3c(=O)[nH]c(N)nc32)O[C@@H]1COP(=O)(S)O[C@H]1[C@H]2OC[C@]1(COP(=O)(O)S)O[C@H]2n1cnc2c(N)ncnc21. The molecule has 0 amide bonds. The Hall–Kier alpha value is -2.66. The zero-order valence-corrected chi connectivity index (χ0v) is 27.6. The number of thiol groups is 2. The van der Waals surface area contributed by atoms with E-state index >= 15 is 0 Å². The van der Waals surface area contributed by atoms with Gasteiger partial charge in [-0.15, -0.1) is 0 Å². The number of fused-ring (bicyclic) bond motifs is 4. The van der Waals surface area contributed by atoms with Gasteiger partial charge in [0.25, 0.3) is 5.56 Å². The van der Waals surface area contributed by atoms with Crippen molar-refractivity contribution in [2.24, 2.45) is 5.92 Å². The lowest BCUT2D eigenvalue weighted by atomic mass is 10.0. The van der Waals surface area contributed by atoms with Gasteiger partial charge in [-0.05, 0) is 0 Å². The van der Waals surface area contributed by atoms with E-state index in [4.69, 9.17) is 39.2 Å². The van der Waals surface area contributed by atoms with Gasteiger partial charge in [0, 0.05) is 5.92 Å². The molecule has 7 N–H and O–H groups in total. The zero-order chi connectivity index (χ0) is 33.5. The zero-order valence-electron chi connectivity index (χ0n) is 24.0. The first kappa shape index (κ1) is 32.9. The fraction of sp³-hybridized carbons (Fsp3) is 0.545. The van der Waals surface area contributed by atoms with Crippen LogP contribution in [0.3, 0.4) is 0 Å². The number of anilines is 2. The Balaban J connectivity index is 1.10. The second-order valence-corrected chi connectivity index (χ2v) is 16.8. The first-order valence-electron chi connectivity index (χ1n) is 13.8. The van der Waals surface area contributed by atoms with Crippen LogP contribution in [0.25, 0.3) is 22.3 Å². The third-order valence-corrected chi connectivity index (χ3v) is 10.6. The summed E-state index contributed by atoms with van der Waals surface area (Å²) in [5.41, 5.74) is 10.2. The summed E-state index contributed by atoms with van der Waals surface area (Å²) in [6.07, 6.45) is -2.23. The highest BCUT2D eigenvalue weighted by atomic mass is 32.7. The van der Waals surface area contributed by atoms with Gasteiger partial charge in [-0.3, -0.25) is 32.5 Å². The Kier molecular flexibility index (Phi) is 8.21. The molecular formula is C22H28N10O11P2S2. The molecule has 21 nitrogen and oxygen atoms in total. The Morgan fingerprint density at radius 1 is 1.11 bits per heavy atom. The molecule has 10 atom stereocenters. The van der Waals surface area contributed by atoms with Crippen molar-refractivity contribution in [3.8, 4) is 0 Å². The van der Waals surface area contributed by atoms with E-state index in [1.807, 2.05) is 0 Å². The monoisotopic (exact) mass is 734 g/mol. The summed E-state index contributed by atoms with van der Waals surface area (Å²) in [5, 5.41) is 11.0. The summed E-state index contributed by atoms with van der Waals surface area (Å²) < 4.78 is 63.4. The predicted molar refractivity (Wildman–Crippen MR) is 166 cm³/mol. The highest BCUT2D eigenvalue weighted by Crippen LogP contribution is 2.61. The number of hydrogen-bond donors (Lipinski definition) is 7. The number of aromatic nitrogens is 8. The Bertz CT molecular complexity index is 2010. The lowest BCUT2D eigenvalue weighted by Gasteiger charge is -2.31. The summed E-state index contributed by atoms with van der Waals surface area (Å²) in [6, 6.07) is 0. The molecule has 3 aliphatic rings. The minimum Gasteiger partial charge on any atom is -0.388 e. The van der Waals surface area contributed by atoms with Crippen molar-refractivity contribution in [2.75, 3.05) is 31.3 Å². The van der Waals surface area contributed by atoms with Gasteiger partial charge in [-0.2, -0.15) is 4.98 Å². The maximum atomic E-state index is 13.7. The smallest absolute Gasteiger partial charge is 0.386 e. The van der Waals surface area contributed by atoms with Crippen LogP contribution in [0.15, 0.2) is 23.8 Å². The first-order chi connectivity index (χ1) is 22.2. The molecule has 7 heterocycles. The van der Waals surface area contributed by atoms with Crippen LogP contribution in [0, 0.1) is 5.92 Å². The van der Waals surface area contributed by atoms with Crippen molar-refractivity contribution in [3.63, 3.8) is 0 Å². The molecule has 0 aliphatic carbocycles. The third-order valence-electron chi connectivity index (χ3n) is 8.22. The van der Waals surface area contributed by atoms with Crippen molar-refractivity contribution < 1.29 is 46.9 Å². The second kappa shape index (κ2) is 11.7. The number of aromatic amines is 1. The van der Waals surface area contributed by atoms with E-state index in [9.17, 15) is 23.9 Å². The lowest BCUT2D eigenvalue weighted by Crippen LogP contribution is -2.45. The summed E-state index contributed by atoms with van der Waals surface area (Å²) >= 11 is 7.75. The molecule has 3 saturated heterocycles. The summed E-state index contributed by atoms with van der Waals surface area (Å²) in [7, 11) is 0. The van der Waals surface area contributed by atoms with Gasteiger partial charge in [0.15, 0.2) is 35.1 Å². The highest BCUT2D eigenvalue weighted by Gasteiger charge is 2.65. The molecule has 47 heavy (non-hydrogen) atoms. The molecule has 2 unspecified atom stereocenters. The van der Waals surface area contributed by atoms with Gasteiger partial charge in [-0.1, -0.05) is 31.4 Å². The predicted octanol–water partition coefficient (Wildman–Crippen LogP) is 0.171. The van der Waals surface area contributed by atoms with Crippen LogP contribution in [-0.4, -0.2) is 98.9 Å². The van der Waals surface area contributed by atoms with Crippen LogP contribution in [0.2, 0.25) is 0 Å². The third kappa shape index (κ3) is 5.87. The van der Waals surface area contributed by atoms with E-state index in [-0.39, 0.29) is 36.1 Å². The van der Waals surface area contributed by atoms with Gasteiger partial charge in [0.05, 0.1) is 38.6 Å². The Morgan fingerprint density at radius 3 is 2.57 bits per heavy atom. The normalized spacial score (nSPS) is 33.1. The van der Waals surface area contributed by atoms with Crippen LogP contribution < -0.4 is 17.0 Å². The number of aliphatic hydroxyl groups excluding tert-OH is 1. The molecule has 7 rings (SSSR count). The largest absolute Gasteiger partial charge is 0.388 e. The fourth-order valence-corrected chi connectivity index (χ4v) is 7.94. The molecule has 4 aromatic rings. The molecule has 0 aromatic carbocycles. The lowest BCUT2D eigenvalue weighted by molar-refractivity contribution is -0.182. The average molecular weight is 735 g/mol. The van der Waals surface area contributed by atoms with E-state index in [0.29, 0.717) is 11.2 Å². The number of nitrogens with one attached hydrogen (secondary N) is 1. The van der Waals surface area contributed by atoms with E-state index in [0.717, 1.165) is 0 Å². The van der Waals surface area contributed by atoms with Crippen molar-refractivity contribution in [1.29, 1.82) is 0 Å². The van der Waals surface area contributed by atoms with Crippen LogP contribution in [0.4, 0.5) is 11.8 Å². The van der Waals surface area contributed by atoms with Crippen molar-refractivity contribution in [3.05, 3.63) is 29.3 Å². The first-order valence-corrected chi connectivity index (χ1v) is 19.2. The van der Waals surface area contributed by atoms with Gasteiger partial charge >= 0.3 is 13.6 Å². The van der Waals surface area contributed by atoms with E-state index in [1.165, 1.54) is 28.1 Å². The minimum atomic E-state index is -4.30. The van der Waals surface area contributed by atoms with Crippen molar-refractivity contribution in [1.82, 2.24) is 39.0 Å². The number of hydrogen-bond acceptors (Lipinski definition) is 17. The molecule has 3 aliphatic heterocycles. The molecular weight excluding hydrogens is 706 g/mol. The van der Waals surface area contributed by atoms with Crippen LogP contribution in [-0.2, 0) is 36.9 Å². The number of ether oxygens (including phenoxy) is 3. The van der Waals surface area contributed by atoms with Crippen molar-refractivity contribution in [2.45, 2.75) is 49.4 Å². The fourth-order valence-electron chi connectivity index (χ4n) is 5.88. The quantitative estimate of drug-likeness (QED) is 0.0844. The van der Waals surface area contributed by atoms with E-state index in [1.54, 1.807) is 6.92 Å². The average Bonchev–Trinajstić information content (AvgIpc) is 3.80. The highest BCUT2D eigenvalue weighted by molar-refractivity contribution is 8.44. The summed E-state index contributed by atoms with van der Waals surface area (Å²) in [5.74, 6) is -0.590. The molecule has 3 fully saturated rings. The molecule has 2 bridgehead atoms.